The van der Waals surface area contributed by atoms with Crippen LogP contribution in [0.3, 0.4) is 0 Å². The number of esters is 1. The molecule has 0 aliphatic carbocycles. The number of fused-ring (bicyclic) bond motifs is 1. The van der Waals surface area contributed by atoms with Crippen LogP contribution in [0.25, 0.3) is 0 Å². The molecule has 0 aromatic carbocycles. The van der Waals surface area contributed by atoms with Gasteiger partial charge in [-0.25, -0.2) is 4.79 Å². The smallest absolute Gasteiger partial charge is 0.330 e. The first kappa shape index (κ1) is 17.2. The molecule has 0 radical (unpaired) electrons. The first-order valence-corrected chi connectivity index (χ1v) is 8.35. The zero-order chi connectivity index (χ0) is 16.7. The number of methoxy groups -OCH3 is 1. The van der Waals surface area contributed by atoms with E-state index in [1.54, 1.807) is 11.3 Å². The van der Waals surface area contributed by atoms with Crippen molar-refractivity contribution in [1.82, 2.24) is 10.2 Å². The van der Waals surface area contributed by atoms with Crippen molar-refractivity contribution in [2.24, 2.45) is 0 Å². The van der Waals surface area contributed by atoms with Gasteiger partial charge in [0.2, 0.25) is 11.8 Å². The van der Waals surface area contributed by atoms with E-state index in [2.05, 4.69) is 21.5 Å². The van der Waals surface area contributed by atoms with Crippen molar-refractivity contribution in [2.75, 3.05) is 20.2 Å². The maximum absolute atomic E-state index is 12.2. The molecule has 1 aliphatic rings. The summed E-state index contributed by atoms with van der Waals surface area (Å²) in [6.45, 7) is 1.85. The molecule has 124 valence electrons. The largest absolute Gasteiger partial charge is 0.466 e. The summed E-state index contributed by atoms with van der Waals surface area (Å²) in [7, 11) is 1.25. The SMILES string of the molecule is COC(=O)/C=C/C(=O)NCCCC(=O)N1CCc2sccc2C1. The fraction of sp³-hybridized carbons (Fsp3) is 0.438. The zero-order valence-electron chi connectivity index (χ0n) is 13.0. The molecule has 1 N–H and O–H groups in total. The second-order valence-corrected chi connectivity index (χ2v) is 6.19. The monoisotopic (exact) mass is 336 g/mol. The number of ether oxygens (including phenoxy) is 1. The Morgan fingerprint density at radius 3 is 3.00 bits per heavy atom. The van der Waals surface area contributed by atoms with Crippen molar-refractivity contribution in [1.29, 1.82) is 0 Å². The van der Waals surface area contributed by atoms with E-state index < -0.39 is 5.97 Å². The van der Waals surface area contributed by atoms with Crippen LogP contribution in [0, 0.1) is 0 Å². The van der Waals surface area contributed by atoms with Gasteiger partial charge in [-0.2, -0.15) is 0 Å². The second-order valence-electron chi connectivity index (χ2n) is 5.19. The average Bonchev–Trinajstić information content (AvgIpc) is 3.03. The number of nitrogens with zero attached hydrogens (tertiary/aromatic N) is 1. The van der Waals surface area contributed by atoms with Gasteiger partial charge in [-0.3, -0.25) is 9.59 Å². The Hall–Kier alpha value is -2.15. The van der Waals surface area contributed by atoms with Gasteiger partial charge in [-0.15, -0.1) is 11.3 Å². The Kier molecular flexibility index (Phi) is 6.34. The summed E-state index contributed by atoms with van der Waals surface area (Å²) < 4.78 is 4.39. The normalized spacial score (nSPS) is 13.7. The van der Waals surface area contributed by atoms with Crippen molar-refractivity contribution in [3.8, 4) is 0 Å². The van der Waals surface area contributed by atoms with Crippen molar-refractivity contribution in [3.05, 3.63) is 34.0 Å². The Bertz CT molecular complexity index is 609. The number of thiophene rings is 1. The summed E-state index contributed by atoms with van der Waals surface area (Å²) in [5.74, 6) is -0.835. The van der Waals surface area contributed by atoms with E-state index in [9.17, 15) is 14.4 Å². The molecule has 2 heterocycles. The number of carbonyl (C=O) groups is 3. The van der Waals surface area contributed by atoms with E-state index in [-0.39, 0.29) is 11.8 Å². The number of amides is 2. The van der Waals surface area contributed by atoms with Crippen LogP contribution in [0.2, 0.25) is 0 Å². The van der Waals surface area contributed by atoms with Crippen LogP contribution >= 0.6 is 11.3 Å². The Morgan fingerprint density at radius 1 is 1.39 bits per heavy atom. The Balaban J connectivity index is 1.65. The lowest BCUT2D eigenvalue weighted by Gasteiger charge is -2.27. The lowest BCUT2D eigenvalue weighted by molar-refractivity contribution is -0.135. The van der Waals surface area contributed by atoms with E-state index in [1.165, 1.54) is 17.6 Å². The molecule has 0 saturated heterocycles. The third-order valence-electron chi connectivity index (χ3n) is 3.60. The molecular weight excluding hydrogens is 316 g/mol. The van der Waals surface area contributed by atoms with Crippen molar-refractivity contribution in [2.45, 2.75) is 25.8 Å². The van der Waals surface area contributed by atoms with Crippen LogP contribution in [-0.2, 0) is 32.1 Å². The van der Waals surface area contributed by atoms with Crippen molar-refractivity contribution in [3.63, 3.8) is 0 Å². The van der Waals surface area contributed by atoms with Crippen molar-refractivity contribution < 1.29 is 19.1 Å². The fourth-order valence-corrected chi connectivity index (χ4v) is 3.23. The van der Waals surface area contributed by atoms with Gasteiger partial charge in [0.15, 0.2) is 0 Å². The van der Waals surface area contributed by atoms with Gasteiger partial charge in [0.05, 0.1) is 7.11 Å². The molecule has 7 heteroatoms. The van der Waals surface area contributed by atoms with E-state index in [1.807, 2.05) is 4.90 Å². The molecule has 0 bridgehead atoms. The minimum atomic E-state index is -0.576. The highest BCUT2D eigenvalue weighted by atomic mass is 32.1. The van der Waals surface area contributed by atoms with Gasteiger partial charge in [0, 0.05) is 43.1 Å². The first-order chi connectivity index (χ1) is 11.1. The van der Waals surface area contributed by atoms with Crippen LogP contribution in [0.4, 0.5) is 0 Å². The molecule has 0 saturated carbocycles. The standard InChI is InChI=1S/C16H20N2O4S/c1-22-16(21)5-4-14(19)17-8-2-3-15(20)18-9-6-13-12(11-18)7-10-23-13/h4-5,7,10H,2-3,6,8-9,11H2,1H3,(H,17,19)/b5-4+. The van der Waals surface area contributed by atoms with Crippen LogP contribution in [0.15, 0.2) is 23.6 Å². The van der Waals surface area contributed by atoms with Crippen molar-refractivity contribution >= 4 is 29.1 Å². The number of hydrogen-bond acceptors (Lipinski definition) is 5. The molecule has 1 aromatic heterocycles. The Morgan fingerprint density at radius 2 is 2.22 bits per heavy atom. The lowest BCUT2D eigenvalue weighted by Crippen LogP contribution is -2.35. The minimum absolute atomic E-state index is 0.112. The van der Waals surface area contributed by atoms with Crippen LogP contribution < -0.4 is 5.32 Å². The van der Waals surface area contributed by atoms with E-state index in [0.29, 0.717) is 25.9 Å². The summed E-state index contributed by atoms with van der Waals surface area (Å²) in [6.07, 6.45) is 4.08. The zero-order valence-corrected chi connectivity index (χ0v) is 13.9. The van der Waals surface area contributed by atoms with Gasteiger partial charge >= 0.3 is 5.97 Å². The molecule has 0 unspecified atom stereocenters. The molecule has 0 atom stereocenters. The third kappa shape index (κ3) is 5.21. The summed E-state index contributed by atoms with van der Waals surface area (Å²) >= 11 is 1.75. The number of rotatable bonds is 6. The number of carbonyl (C=O) groups excluding carboxylic acids is 3. The predicted octanol–water partition coefficient (Wildman–Crippen LogP) is 1.26. The molecule has 6 nitrogen and oxygen atoms in total. The third-order valence-corrected chi connectivity index (χ3v) is 4.62. The quantitative estimate of drug-likeness (QED) is 0.482. The summed E-state index contributed by atoms with van der Waals surface area (Å²) in [5.41, 5.74) is 1.25. The molecule has 2 rings (SSSR count). The van der Waals surface area contributed by atoms with Gasteiger partial charge in [-0.1, -0.05) is 0 Å². The fourth-order valence-electron chi connectivity index (χ4n) is 2.34. The maximum atomic E-state index is 12.2. The van der Waals surface area contributed by atoms with Gasteiger partial charge in [0.25, 0.3) is 0 Å². The Labute approximate surface area is 139 Å². The highest BCUT2D eigenvalue weighted by molar-refractivity contribution is 7.10. The summed E-state index contributed by atoms with van der Waals surface area (Å²) in [6, 6.07) is 2.08. The predicted molar refractivity (Wildman–Crippen MR) is 86.8 cm³/mol. The van der Waals surface area contributed by atoms with Gasteiger partial charge < -0.3 is 15.0 Å². The molecule has 2 amide bonds. The first-order valence-electron chi connectivity index (χ1n) is 7.47. The highest BCUT2D eigenvalue weighted by Crippen LogP contribution is 2.24. The average molecular weight is 336 g/mol. The molecule has 1 aliphatic heterocycles. The lowest BCUT2D eigenvalue weighted by atomic mass is 10.1. The number of hydrogen-bond donors (Lipinski definition) is 1. The second kappa shape index (κ2) is 8.47. The van der Waals surface area contributed by atoms with Gasteiger partial charge in [-0.05, 0) is 29.9 Å². The highest BCUT2D eigenvalue weighted by Gasteiger charge is 2.20. The van der Waals surface area contributed by atoms with Crippen LogP contribution in [-0.4, -0.2) is 42.9 Å². The van der Waals surface area contributed by atoms with Crippen LogP contribution in [0.5, 0.6) is 0 Å². The molecule has 0 fully saturated rings. The van der Waals surface area contributed by atoms with E-state index in [4.69, 9.17) is 0 Å². The molecule has 0 spiro atoms. The van der Waals surface area contributed by atoms with Crippen LogP contribution in [0.1, 0.15) is 23.3 Å². The molecule has 1 aromatic rings. The number of nitrogens with one attached hydrogen (secondary N) is 1. The molecule has 23 heavy (non-hydrogen) atoms. The topological polar surface area (TPSA) is 75.7 Å². The molecular formula is C16H20N2O4S. The van der Waals surface area contributed by atoms with E-state index in [0.717, 1.165) is 25.1 Å². The summed E-state index contributed by atoms with van der Waals surface area (Å²) in [4.78, 5) is 37.7. The summed E-state index contributed by atoms with van der Waals surface area (Å²) in [5, 5.41) is 4.69. The van der Waals surface area contributed by atoms with Gasteiger partial charge in [0.1, 0.15) is 0 Å². The van der Waals surface area contributed by atoms with E-state index >= 15 is 0 Å². The minimum Gasteiger partial charge on any atom is -0.466 e. The maximum Gasteiger partial charge on any atom is 0.330 e.